The minimum absolute atomic E-state index is 0.0454. The molecule has 0 saturated carbocycles. The summed E-state index contributed by atoms with van der Waals surface area (Å²) < 4.78 is 45.7. The number of nitrogens with zero attached hydrogens (tertiary/aromatic N) is 4. The summed E-state index contributed by atoms with van der Waals surface area (Å²) in [5, 5.41) is 12.1. The van der Waals surface area contributed by atoms with Crippen LogP contribution in [-0.2, 0) is 0 Å². The van der Waals surface area contributed by atoms with Crippen LogP contribution in [0.5, 0.6) is 0 Å². The molecule has 43 heavy (non-hydrogen) atoms. The quantitative estimate of drug-likeness (QED) is 0.251. The van der Waals surface area contributed by atoms with E-state index in [0.29, 0.717) is 11.1 Å². The van der Waals surface area contributed by atoms with Crippen molar-refractivity contribution < 1.29 is 18.0 Å². The predicted molar refractivity (Wildman–Crippen MR) is 160 cm³/mol. The molecule has 218 valence electrons. The molecule has 0 bridgehead atoms. The number of hydrogen-bond donors (Lipinski definition) is 3. The van der Waals surface area contributed by atoms with Gasteiger partial charge in [-0.05, 0) is 43.7 Å². The molecule has 12 heteroatoms. The first-order chi connectivity index (χ1) is 20.5. The number of anilines is 2. The molecule has 2 heterocycles. The number of halogens is 3. The summed E-state index contributed by atoms with van der Waals surface area (Å²) in [4.78, 5) is 34.8. The molecule has 2 aromatic heterocycles. The van der Waals surface area contributed by atoms with E-state index >= 15 is 8.78 Å². The normalized spacial score (nSPS) is 11.6. The second kappa shape index (κ2) is 12.4. The van der Waals surface area contributed by atoms with Crippen LogP contribution < -0.4 is 22.2 Å². The molecule has 5 N–H and O–H groups in total. The van der Waals surface area contributed by atoms with Crippen molar-refractivity contribution >= 4 is 29.2 Å². The number of rotatable bonds is 7. The van der Waals surface area contributed by atoms with E-state index in [9.17, 15) is 19.2 Å². The third-order valence-corrected chi connectivity index (χ3v) is 6.57. The molecule has 0 aliphatic carbocycles. The van der Waals surface area contributed by atoms with Crippen LogP contribution in [0.3, 0.4) is 0 Å². The standard InChI is InChI=1S/C31H26F3N7O2/c1-16(2)41-15-23(29(42)28(27(41)12-36)17-4-6-20(32)7-5-17)31(43)40-26-10-24(33)21(9-25(26)34)22-8-18(14-39-30(22)37)19(11-35)13-38-3/h4-11,13-16H,35H2,1-3H3,(H2,37,39)(H,40,43). The molecular weight excluding hydrogens is 559 g/mol. The second-order valence-corrected chi connectivity index (χ2v) is 9.65. The summed E-state index contributed by atoms with van der Waals surface area (Å²) in [6.45, 7) is 3.46. The van der Waals surface area contributed by atoms with Crippen LogP contribution in [0.25, 0.3) is 27.8 Å². The largest absolute Gasteiger partial charge is 0.404 e. The maximum Gasteiger partial charge on any atom is 0.261 e. The van der Waals surface area contributed by atoms with Crippen molar-refractivity contribution in [2.24, 2.45) is 10.7 Å². The van der Waals surface area contributed by atoms with E-state index in [1.165, 1.54) is 54.6 Å². The molecular formula is C31H26F3N7O2. The van der Waals surface area contributed by atoms with E-state index in [4.69, 9.17) is 11.5 Å². The van der Waals surface area contributed by atoms with Crippen molar-refractivity contribution in [3.05, 3.63) is 106 Å². The smallest absolute Gasteiger partial charge is 0.261 e. The number of nitrogen functional groups attached to an aromatic ring is 1. The van der Waals surface area contributed by atoms with Gasteiger partial charge in [0.05, 0.1) is 11.3 Å². The zero-order valence-electron chi connectivity index (χ0n) is 23.3. The number of carbonyl (C=O) groups is 1. The highest BCUT2D eigenvalue weighted by Gasteiger charge is 2.24. The Morgan fingerprint density at radius 1 is 1.12 bits per heavy atom. The maximum absolute atomic E-state index is 15.4. The summed E-state index contributed by atoms with van der Waals surface area (Å²) in [5.41, 5.74) is 10.6. The third-order valence-electron chi connectivity index (χ3n) is 6.57. The monoisotopic (exact) mass is 585 g/mol. The van der Waals surface area contributed by atoms with Gasteiger partial charge in [-0.25, -0.2) is 18.2 Å². The van der Waals surface area contributed by atoms with Crippen molar-refractivity contribution in [3.63, 3.8) is 0 Å². The molecule has 9 nitrogen and oxygen atoms in total. The number of pyridine rings is 2. The first kappa shape index (κ1) is 30.3. The van der Waals surface area contributed by atoms with Gasteiger partial charge in [-0.2, -0.15) is 5.26 Å². The van der Waals surface area contributed by atoms with Gasteiger partial charge >= 0.3 is 0 Å². The predicted octanol–water partition coefficient (Wildman–Crippen LogP) is 5.28. The highest BCUT2D eigenvalue weighted by atomic mass is 19.1. The van der Waals surface area contributed by atoms with Gasteiger partial charge in [0.1, 0.15) is 40.6 Å². The minimum atomic E-state index is -1.04. The second-order valence-electron chi connectivity index (χ2n) is 9.65. The van der Waals surface area contributed by atoms with E-state index in [0.717, 1.165) is 24.3 Å². The fourth-order valence-electron chi connectivity index (χ4n) is 4.44. The summed E-state index contributed by atoms with van der Waals surface area (Å²) in [6.07, 6.45) is 5.32. The highest BCUT2D eigenvalue weighted by molar-refractivity contribution is 6.10. The van der Waals surface area contributed by atoms with Gasteiger partial charge in [0.25, 0.3) is 5.91 Å². The van der Waals surface area contributed by atoms with Crippen molar-refractivity contribution in [2.75, 3.05) is 18.1 Å². The Labute approximate surface area is 244 Å². The van der Waals surface area contributed by atoms with Gasteiger partial charge < -0.3 is 21.4 Å². The fraction of sp³-hybridized carbons (Fsp3) is 0.129. The number of amides is 1. The Balaban J connectivity index is 1.78. The van der Waals surface area contributed by atoms with E-state index < -0.39 is 40.0 Å². The first-order valence-corrected chi connectivity index (χ1v) is 12.9. The summed E-state index contributed by atoms with van der Waals surface area (Å²) in [6, 6.07) is 9.53. The lowest BCUT2D eigenvalue weighted by Gasteiger charge is -2.18. The number of carbonyl (C=O) groups excluding carboxylic acids is 1. The van der Waals surface area contributed by atoms with Crippen molar-refractivity contribution in [1.82, 2.24) is 9.55 Å². The molecule has 0 fully saturated rings. The summed E-state index contributed by atoms with van der Waals surface area (Å²) in [7, 11) is 1.54. The van der Waals surface area contributed by atoms with Gasteiger partial charge in [-0.3, -0.25) is 14.6 Å². The molecule has 0 aliphatic heterocycles. The van der Waals surface area contributed by atoms with Gasteiger partial charge in [0.15, 0.2) is 0 Å². The van der Waals surface area contributed by atoms with Crippen molar-refractivity contribution in [1.29, 1.82) is 5.26 Å². The molecule has 0 aliphatic rings. The van der Waals surface area contributed by atoms with Crippen molar-refractivity contribution in [2.45, 2.75) is 19.9 Å². The fourth-order valence-corrected chi connectivity index (χ4v) is 4.44. The molecule has 0 atom stereocenters. The first-order valence-electron chi connectivity index (χ1n) is 12.9. The average molecular weight is 586 g/mol. The van der Waals surface area contributed by atoms with Gasteiger partial charge in [-0.1, -0.05) is 12.1 Å². The Hall–Kier alpha value is -5.70. The molecule has 0 unspecified atom stereocenters. The lowest BCUT2D eigenvalue weighted by molar-refractivity contribution is 0.102. The van der Waals surface area contributed by atoms with E-state index in [2.05, 4.69) is 15.3 Å². The maximum atomic E-state index is 15.4. The van der Waals surface area contributed by atoms with E-state index in [1.807, 2.05) is 6.07 Å². The van der Waals surface area contributed by atoms with Gasteiger partial charge in [0.2, 0.25) is 5.43 Å². The molecule has 0 radical (unpaired) electrons. The average Bonchev–Trinajstić information content (AvgIpc) is 2.98. The molecule has 1 amide bonds. The van der Waals surface area contributed by atoms with Crippen LogP contribution >= 0.6 is 0 Å². The van der Waals surface area contributed by atoms with E-state index in [-0.39, 0.29) is 39.8 Å². The molecule has 0 saturated heterocycles. The van der Waals surface area contributed by atoms with Gasteiger partial charge in [-0.15, -0.1) is 0 Å². The molecule has 2 aromatic carbocycles. The van der Waals surface area contributed by atoms with E-state index in [1.54, 1.807) is 13.8 Å². The number of aliphatic imine (C=N–C) groups is 1. The van der Waals surface area contributed by atoms with Crippen LogP contribution in [0.4, 0.5) is 24.7 Å². The number of hydrogen-bond acceptors (Lipinski definition) is 7. The minimum Gasteiger partial charge on any atom is -0.404 e. The lowest BCUT2D eigenvalue weighted by atomic mass is 9.99. The highest BCUT2D eigenvalue weighted by Crippen LogP contribution is 2.33. The number of nitriles is 1. The SMILES string of the molecule is CN=CC(=CN)c1cnc(N)c(-c2cc(F)c(NC(=O)c3cn(C(C)C)c(C#N)c(-c4ccc(F)cc4)c3=O)cc2F)c1. The number of aromatic nitrogens is 2. The van der Waals surface area contributed by atoms with Crippen LogP contribution in [0, 0.1) is 28.8 Å². The Morgan fingerprint density at radius 2 is 1.81 bits per heavy atom. The number of nitrogens with two attached hydrogens (primary N) is 2. The van der Waals surface area contributed by atoms with Crippen LogP contribution in [0.2, 0.25) is 0 Å². The Kier molecular flexibility index (Phi) is 8.76. The van der Waals surface area contributed by atoms with Crippen LogP contribution in [-0.4, -0.2) is 28.7 Å². The van der Waals surface area contributed by atoms with Gasteiger partial charge in [0, 0.05) is 66.2 Å². The Bertz CT molecular complexity index is 1890. The van der Waals surface area contributed by atoms with Crippen LogP contribution in [0.1, 0.15) is 41.5 Å². The molecule has 4 aromatic rings. The topological polar surface area (TPSA) is 152 Å². The zero-order valence-corrected chi connectivity index (χ0v) is 23.3. The number of benzene rings is 2. The van der Waals surface area contributed by atoms with Crippen LogP contribution in [0.15, 0.2) is 70.8 Å². The number of allylic oxidation sites excluding steroid dienone is 1. The number of nitrogens with one attached hydrogen (secondary N) is 1. The zero-order chi connectivity index (χ0) is 31.4. The summed E-state index contributed by atoms with van der Waals surface area (Å²) >= 11 is 0. The lowest BCUT2D eigenvalue weighted by Crippen LogP contribution is -2.27. The third kappa shape index (κ3) is 6.01. The molecule has 0 spiro atoms. The Morgan fingerprint density at radius 3 is 2.42 bits per heavy atom. The van der Waals surface area contributed by atoms with Crippen molar-refractivity contribution in [3.8, 4) is 28.3 Å². The summed E-state index contributed by atoms with van der Waals surface area (Å²) in [5.74, 6) is -3.63. The molecule has 4 rings (SSSR count).